The zero-order chi connectivity index (χ0) is 74.0. The molecule has 0 spiro atoms. The third kappa shape index (κ3) is 18.5. The number of nitrogens with one attached hydrogen (secondary N) is 1. The van der Waals surface area contributed by atoms with Crippen LogP contribution >= 0.6 is 11.6 Å². The van der Waals surface area contributed by atoms with E-state index in [1.165, 1.54) is 82.4 Å². The van der Waals surface area contributed by atoms with Crippen molar-refractivity contribution < 1.29 is 110 Å². The van der Waals surface area contributed by atoms with Crippen LogP contribution in [0.5, 0.6) is 28.7 Å². The second-order valence-electron chi connectivity index (χ2n) is 29.2. The molecule has 101 heavy (non-hydrogen) atoms. The van der Waals surface area contributed by atoms with Gasteiger partial charge in [0.2, 0.25) is 12.6 Å². The number of aromatic nitrogens is 1. The number of carbonyl (C=O) groups is 4. The van der Waals surface area contributed by atoms with Gasteiger partial charge < -0.3 is 108 Å². The van der Waals surface area contributed by atoms with Gasteiger partial charge in [-0.25, -0.2) is 5.84 Å². The number of hydrogen-bond acceptors (Lipinski definition) is 26. The lowest BCUT2D eigenvalue weighted by molar-refractivity contribution is -0.277. The fourth-order valence-corrected chi connectivity index (χ4v) is 13.7. The largest absolute Gasteiger partial charge is 0.501 e. The van der Waals surface area contributed by atoms with Crippen LogP contribution in [-0.2, 0) is 38.9 Å². The molecule has 554 valence electrons. The second-order valence-corrected chi connectivity index (χ2v) is 30.7. The van der Waals surface area contributed by atoms with Crippen LogP contribution in [-0.4, -0.2) is 240 Å². The van der Waals surface area contributed by atoms with Gasteiger partial charge in [-0.2, -0.15) is 0 Å². The van der Waals surface area contributed by atoms with Crippen molar-refractivity contribution in [2.75, 3.05) is 90.8 Å². The molecule has 2 saturated heterocycles. The molecule has 2 fully saturated rings. The van der Waals surface area contributed by atoms with Crippen molar-refractivity contribution in [3.8, 4) is 28.7 Å². The van der Waals surface area contributed by atoms with E-state index in [-0.39, 0.29) is 84.4 Å². The smallest absolute Gasteiger partial charge is 0.497 e. The number of carbonyl (C=O) groups excluding carboxylic acids is 4. The lowest BCUT2D eigenvalue weighted by Crippen LogP contribution is -2.60. The van der Waals surface area contributed by atoms with Crippen LogP contribution in [0.2, 0.25) is 0 Å². The molecule has 5 heterocycles. The van der Waals surface area contributed by atoms with Crippen LogP contribution in [0.4, 0.5) is 5.69 Å². The molecule has 4 aliphatic rings. The molecule has 0 bridgehead atoms. The Morgan fingerprint density at radius 3 is 1.87 bits per heavy atom. The van der Waals surface area contributed by atoms with Crippen molar-refractivity contribution in [1.29, 1.82) is 0 Å². The molecule has 9 rings (SSSR count). The number of halogens is 1. The Morgan fingerprint density at radius 2 is 1.27 bits per heavy atom. The number of rotatable bonds is 31. The van der Waals surface area contributed by atoms with Gasteiger partial charge in [-0.1, -0.05) is 55.4 Å². The molecule has 32 heteroatoms. The first-order valence-corrected chi connectivity index (χ1v) is 34.5. The van der Waals surface area contributed by atoms with Crippen LogP contribution in [0.3, 0.4) is 0 Å². The topological polar surface area (TPSA) is 428 Å². The number of H-pyrrole nitrogens is 1. The predicted octanol–water partition coefficient (Wildman–Crippen LogP) is 2.87. The zero-order valence-corrected chi connectivity index (χ0v) is 59.4. The summed E-state index contributed by atoms with van der Waals surface area (Å²) in [5.74, 6) is 3.04. The molecule has 0 saturated carbocycles. The maximum Gasteiger partial charge on any atom is 0.501 e. The number of anilines is 1. The number of nitrogens with zero attached hydrogens (tertiary/aromatic N) is 4. The van der Waals surface area contributed by atoms with Crippen molar-refractivity contribution >= 4 is 73.0 Å². The SMILES string of the molecule is COc1ccc2c(OS(=O)(=O)Oc3cc(C(=O)N(C)CC(C)(C)COCC(C)(C)CN(N)/C=C(\N)CC(C)(C)COCC(C)(C)CN4C(=O)C=CC4=O)ccc3O[C@@H]3O[C@H](CO)[C@H](O)[C@H](O)C3O)cc3c(c2c1)C(CCl)CN3C(=O)c1cc2cc(O[C@@H]3O[C@H](CO)[C@H](O)[C@H](O)[C@H]3O)ccc2[nH]1. The molecule has 1 aromatic heterocycles. The quantitative estimate of drug-likeness (QED) is 0.0131. The van der Waals surface area contributed by atoms with Crippen LogP contribution in [0.15, 0.2) is 90.8 Å². The standard InChI is InChI=1S/C69H92ClN7O23S/c1-66(2,33-93-36-69(7,8)32-77-53(80)17-18-54(77)81)24-40(71)27-75(72)31-68(5,6)35-94-34-67(3,4)30-74(9)62(88)37-11-16-48(96-65-61(87)59(85)57(83)52(29-79)98-65)50(21-37)100-101(90,91)99-49-23-47-55(44-22-41(92-10)12-14-43(44)49)39(25-70)26-76(47)63(89)46-20-38-19-42(13-15-45(38)73-46)95-64-60(86)58(84)56(82)51(28-78)97-64/h11-23,27,39,51-52,56-61,64-65,73,78-79,82-87H,24-26,28-36,71-72H2,1-10H3/b40-27-/t39?,51-,52-,56+,57+,58+,59+,60-,61?,64-,65-/m1/s1. The Balaban J connectivity index is 0.896. The first kappa shape index (κ1) is 77.7. The fraction of sp³-hybridized carbons (Fsp3) is 0.536. The summed E-state index contributed by atoms with van der Waals surface area (Å²) in [6.07, 6.45) is -12.0. The molecular formula is C69H92ClN7O23S. The number of hydrazine groups is 1. The Hall–Kier alpha value is -7.44. The molecule has 0 radical (unpaired) electrons. The number of ether oxygens (including phenoxy) is 7. The maximum atomic E-state index is 14.8. The first-order chi connectivity index (χ1) is 47.3. The minimum atomic E-state index is -5.37. The minimum absolute atomic E-state index is 0.00243. The van der Waals surface area contributed by atoms with Gasteiger partial charge in [-0.15, -0.1) is 20.0 Å². The van der Waals surface area contributed by atoms with Crippen molar-refractivity contribution in [2.45, 2.75) is 129 Å². The van der Waals surface area contributed by atoms with Crippen LogP contribution in [0, 0.1) is 21.7 Å². The second kappa shape index (κ2) is 31.3. The van der Waals surface area contributed by atoms with E-state index in [2.05, 4.69) is 4.98 Å². The highest BCUT2D eigenvalue weighted by Crippen LogP contribution is 2.48. The molecule has 2 unspecified atom stereocenters. The van der Waals surface area contributed by atoms with Crippen molar-refractivity contribution in [3.63, 3.8) is 0 Å². The highest BCUT2D eigenvalue weighted by Gasteiger charge is 2.47. The number of benzene rings is 4. The number of fused-ring (bicyclic) bond motifs is 4. The third-order valence-corrected chi connectivity index (χ3v) is 18.7. The molecule has 11 atom stereocenters. The molecule has 4 amide bonds. The van der Waals surface area contributed by atoms with Gasteiger partial charge in [-0.3, -0.25) is 24.1 Å². The van der Waals surface area contributed by atoms with E-state index < -0.39 is 136 Å². The molecular weight excluding hydrogens is 1360 g/mol. The van der Waals surface area contributed by atoms with E-state index >= 15 is 0 Å². The van der Waals surface area contributed by atoms with Gasteiger partial charge in [-0.05, 0) is 83.4 Å². The number of alkyl halides is 1. The summed E-state index contributed by atoms with van der Waals surface area (Å²) in [5, 5.41) is 85.7. The van der Waals surface area contributed by atoms with Gasteiger partial charge in [0.05, 0.1) is 52.4 Å². The van der Waals surface area contributed by atoms with Gasteiger partial charge in [0.25, 0.3) is 23.6 Å². The number of hydrogen-bond donors (Lipinski definition) is 11. The number of nitrogens with two attached hydrogens (primary N) is 2. The number of aromatic amines is 1. The molecule has 13 N–H and O–H groups in total. The fourth-order valence-electron chi connectivity index (χ4n) is 12.7. The summed E-state index contributed by atoms with van der Waals surface area (Å²) >= 11 is 6.65. The molecule has 4 aliphatic heterocycles. The highest BCUT2D eigenvalue weighted by atomic mass is 35.5. The third-order valence-electron chi connectivity index (χ3n) is 17.5. The summed E-state index contributed by atoms with van der Waals surface area (Å²) in [7, 11) is -2.41. The first-order valence-electron chi connectivity index (χ1n) is 32.7. The van der Waals surface area contributed by atoms with Gasteiger partial charge in [0.1, 0.15) is 66.0 Å². The Labute approximate surface area is 589 Å². The van der Waals surface area contributed by atoms with Gasteiger partial charge >= 0.3 is 10.4 Å². The summed E-state index contributed by atoms with van der Waals surface area (Å²) < 4.78 is 81.6. The Morgan fingerprint density at radius 1 is 0.693 bits per heavy atom. The Kier molecular flexibility index (Phi) is 24.0. The number of aliphatic hydroxyl groups is 8. The summed E-state index contributed by atoms with van der Waals surface area (Å²) in [6.45, 7) is 15.8. The highest BCUT2D eigenvalue weighted by molar-refractivity contribution is 7.82. The molecule has 30 nitrogen and oxygen atoms in total. The molecule has 5 aromatic rings. The van der Waals surface area contributed by atoms with Crippen molar-refractivity contribution in [1.82, 2.24) is 19.8 Å². The summed E-state index contributed by atoms with van der Waals surface area (Å²) in [4.78, 5) is 60.6. The van der Waals surface area contributed by atoms with E-state index in [4.69, 9.17) is 64.7 Å². The number of amides is 4. The summed E-state index contributed by atoms with van der Waals surface area (Å²) in [6, 6.07) is 15.7. The monoisotopic (exact) mass is 1450 g/mol. The van der Waals surface area contributed by atoms with E-state index in [0.29, 0.717) is 59.5 Å². The average molecular weight is 1460 g/mol. The van der Waals surface area contributed by atoms with Gasteiger partial charge in [0, 0.05) is 113 Å². The Bertz CT molecular complexity index is 4000. The zero-order valence-electron chi connectivity index (χ0n) is 57.9. The van der Waals surface area contributed by atoms with Crippen molar-refractivity contribution in [3.05, 3.63) is 108 Å². The van der Waals surface area contributed by atoms with Gasteiger partial charge in [0.15, 0.2) is 17.2 Å². The van der Waals surface area contributed by atoms with Crippen molar-refractivity contribution in [2.24, 2.45) is 33.2 Å². The predicted molar refractivity (Wildman–Crippen MR) is 367 cm³/mol. The lowest BCUT2D eigenvalue weighted by atomic mass is 9.88. The van der Waals surface area contributed by atoms with Crippen LogP contribution in [0.25, 0.3) is 21.7 Å². The van der Waals surface area contributed by atoms with Crippen LogP contribution in [0.1, 0.15) is 94.1 Å². The van der Waals surface area contributed by atoms with E-state index in [9.17, 15) is 68.4 Å². The normalized spacial score (nSPS) is 23.8. The van der Waals surface area contributed by atoms with E-state index in [0.717, 1.165) is 12.1 Å². The number of allylic oxidation sites excluding steroid dienone is 1. The van der Waals surface area contributed by atoms with E-state index in [1.54, 1.807) is 24.4 Å². The molecule has 0 aliphatic carbocycles. The van der Waals surface area contributed by atoms with E-state index in [1.807, 2.05) is 55.4 Å². The molecule has 4 aromatic carbocycles. The average Bonchev–Trinajstić information content (AvgIpc) is 1.62. The lowest BCUT2D eigenvalue weighted by Gasteiger charge is -2.39. The number of aliphatic hydroxyl groups excluding tert-OH is 8. The summed E-state index contributed by atoms with van der Waals surface area (Å²) in [5.41, 5.74) is 6.08. The van der Waals surface area contributed by atoms with Crippen LogP contribution < -0.4 is 39.1 Å². The minimum Gasteiger partial charge on any atom is -0.497 e. The number of methoxy groups -OCH3 is 1. The number of imide groups is 1. The maximum absolute atomic E-state index is 14.8.